The van der Waals surface area contributed by atoms with Crippen LogP contribution in [0, 0.1) is 6.92 Å². The Balaban J connectivity index is 1.86. The maximum Gasteiger partial charge on any atom is 0.256 e. The van der Waals surface area contributed by atoms with Gasteiger partial charge in [-0.25, -0.2) is 4.98 Å². The largest absolute Gasteiger partial charge is 0.307 e. The van der Waals surface area contributed by atoms with Crippen molar-refractivity contribution in [1.82, 2.24) is 4.98 Å². The highest BCUT2D eigenvalue weighted by Gasteiger charge is 2.07. The van der Waals surface area contributed by atoms with Gasteiger partial charge in [0.25, 0.3) is 5.91 Å². The average Bonchev–Trinajstić information content (AvgIpc) is 2.49. The van der Waals surface area contributed by atoms with Crippen molar-refractivity contribution in [2.75, 3.05) is 5.32 Å². The van der Waals surface area contributed by atoms with Gasteiger partial charge in [-0.15, -0.1) is 0 Å². The average molecular weight is 262 g/mol. The van der Waals surface area contributed by atoms with E-state index in [1.54, 1.807) is 12.3 Å². The summed E-state index contributed by atoms with van der Waals surface area (Å²) < 4.78 is 0. The predicted molar refractivity (Wildman–Crippen MR) is 80.9 cm³/mol. The smallest absolute Gasteiger partial charge is 0.256 e. The van der Waals surface area contributed by atoms with E-state index in [-0.39, 0.29) is 5.91 Å². The number of carbonyl (C=O) groups is 1. The monoisotopic (exact) mass is 262 g/mol. The van der Waals surface area contributed by atoms with Crippen LogP contribution in [0.1, 0.15) is 15.9 Å². The molecule has 1 heterocycles. The highest BCUT2D eigenvalue weighted by atomic mass is 16.1. The number of aromatic nitrogens is 1. The molecule has 3 rings (SSSR count). The number of carbonyl (C=O) groups excluding carboxylic acids is 1. The van der Waals surface area contributed by atoms with Crippen LogP contribution in [0.3, 0.4) is 0 Å². The minimum Gasteiger partial charge on any atom is -0.307 e. The number of amides is 1. The molecule has 0 saturated carbocycles. The zero-order chi connectivity index (χ0) is 13.9. The lowest BCUT2D eigenvalue weighted by Crippen LogP contribution is -2.12. The molecule has 0 atom stereocenters. The van der Waals surface area contributed by atoms with Gasteiger partial charge in [-0.3, -0.25) is 4.79 Å². The fourth-order valence-corrected chi connectivity index (χ4v) is 2.06. The number of rotatable bonds is 2. The van der Waals surface area contributed by atoms with Crippen LogP contribution in [-0.2, 0) is 0 Å². The van der Waals surface area contributed by atoms with Crippen LogP contribution in [0.5, 0.6) is 0 Å². The van der Waals surface area contributed by atoms with Gasteiger partial charge in [0.15, 0.2) is 0 Å². The van der Waals surface area contributed by atoms with Crippen molar-refractivity contribution < 1.29 is 4.79 Å². The second-order valence-electron chi connectivity index (χ2n) is 4.74. The number of nitrogens with one attached hydrogen (secondary N) is 1. The number of anilines is 1. The SMILES string of the molecule is Cc1ccc(NC(=O)c2ccc3ccccc3c2)nc1. The first-order valence-electron chi connectivity index (χ1n) is 6.45. The standard InChI is InChI=1S/C17H14N2O/c1-12-6-9-16(18-11-12)19-17(20)15-8-7-13-4-2-3-5-14(13)10-15/h2-11H,1H3,(H,18,19,20). The highest BCUT2D eigenvalue weighted by Crippen LogP contribution is 2.16. The fraction of sp³-hybridized carbons (Fsp3) is 0.0588. The molecule has 2 aromatic carbocycles. The maximum absolute atomic E-state index is 12.2. The zero-order valence-electron chi connectivity index (χ0n) is 11.1. The molecule has 0 aliphatic carbocycles. The Labute approximate surface area is 117 Å². The number of aryl methyl sites for hydroxylation is 1. The molecule has 0 radical (unpaired) electrons. The van der Waals surface area contributed by atoms with E-state index >= 15 is 0 Å². The third-order valence-electron chi connectivity index (χ3n) is 3.16. The molecule has 3 aromatic rings. The van der Waals surface area contributed by atoms with Gasteiger partial charge in [0.2, 0.25) is 0 Å². The molecule has 0 fully saturated rings. The number of pyridine rings is 1. The molecule has 1 N–H and O–H groups in total. The summed E-state index contributed by atoms with van der Waals surface area (Å²) in [6.45, 7) is 1.96. The van der Waals surface area contributed by atoms with Crippen LogP contribution in [0.25, 0.3) is 10.8 Å². The summed E-state index contributed by atoms with van der Waals surface area (Å²) in [5.41, 5.74) is 1.69. The number of hydrogen-bond donors (Lipinski definition) is 1. The van der Waals surface area contributed by atoms with E-state index in [0.717, 1.165) is 16.3 Å². The molecule has 98 valence electrons. The number of hydrogen-bond acceptors (Lipinski definition) is 2. The molecule has 1 aromatic heterocycles. The third-order valence-corrected chi connectivity index (χ3v) is 3.16. The molecular formula is C17H14N2O. The van der Waals surface area contributed by atoms with E-state index in [9.17, 15) is 4.79 Å². The van der Waals surface area contributed by atoms with Crippen molar-refractivity contribution in [3.63, 3.8) is 0 Å². The lowest BCUT2D eigenvalue weighted by atomic mass is 10.1. The van der Waals surface area contributed by atoms with Gasteiger partial charge in [-0.2, -0.15) is 0 Å². The molecular weight excluding hydrogens is 248 g/mol. The third kappa shape index (κ3) is 2.52. The fourth-order valence-electron chi connectivity index (χ4n) is 2.06. The summed E-state index contributed by atoms with van der Waals surface area (Å²) in [5.74, 6) is 0.417. The quantitative estimate of drug-likeness (QED) is 0.763. The number of fused-ring (bicyclic) bond motifs is 1. The molecule has 0 bridgehead atoms. The summed E-state index contributed by atoms with van der Waals surface area (Å²) in [7, 11) is 0. The summed E-state index contributed by atoms with van der Waals surface area (Å²) >= 11 is 0. The van der Waals surface area contributed by atoms with E-state index in [4.69, 9.17) is 0 Å². The minimum absolute atomic E-state index is 0.146. The van der Waals surface area contributed by atoms with Crippen molar-refractivity contribution in [3.8, 4) is 0 Å². The van der Waals surface area contributed by atoms with E-state index in [0.29, 0.717) is 11.4 Å². The Morgan fingerprint density at radius 1 is 1.00 bits per heavy atom. The molecule has 0 unspecified atom stereocenters. The van der Waals surface area contributed by atoms with Crippen molar-refractivity contribution in [2.24, 2.45) is 0 Å². The van der Waals surface area contributed by atoms with Crippen molar-refractivity contribution in [1.29, 1.82) is 0 Å². The van der Waals surface area contributed by atoms with Gasteiger partial charge >= 0.3 is 0 Å². The minimum atomic E-state index is -0.146. The van der Waals surface area contributed by atoms with E-state index in [1.165, 1.54) is 0 Å². The molecule has 0 aliphatic rings. The Hall–Kier alpha value is -2.68. The first kappa shape index (κ1) is 12.4. The second-order valence-corrected chi connectivity index (χ2v) is 4.74. The molecule has 0 aliphatic heterocycles. The van der Waals surface area contributed by atoms with Crippen LogP contribution in [0.4, 0.5) is 5.82 Å². The van der Waals surface area contributed by atoms with Crippen LogP contribution in [-0.4, -0.2) is 10.9 Å². The maximum atomic E-state index is 12.2. The Kier molecular flexibility index (Phi) is 3.17. The van der Waals surface area contributed by atoms with Crippen LogP contribution in [0.2, 0.25) is 0 Å². The van der Waals surface area contributed by atoms with Gasteiger partial charge in [-0.05, 0) is 41.5 Å². The van der Waals surface area contributed by atoms with Gasteiger partial charge in [0, 0.05) is 11.8 Å². The number of benzene rings is 2. The second kappa shape index (κ2) is 5.13. The molecule has 20 heavy (non-hydrogen) atoms. The Bertz CT molecular complexity index is 763. The van der Waals surface area contributed by atoms with Crippen LogP contribution < -0.4 is 5.32 Å². The molecule has 0 saturated heterocycles. The van der Waals surface area contributed by atoms with Crippen LogP contribution in [0.15, 0.2) is 60.8 Å². The summed E-state index contributed by atoms with van der Waals surface area (Å²) in [4.78, 5) is 16.4. The Morgan fingerprint density at radius 3 is 2.55 bits per heavy atom. The van der Waals surface area contributed by atoms with Gasteiger partial charge in [0.1, 0.15) is 5.82 Å². The van der Waals surface area contributed by atoms with E-state index < -0.39 is 0 Å². The molecule has 3 heteroatoms. The molecule has 1 amide bonds. The predicted octanol–water partition coefficient (Wildman–Crippen LogP) is 3.80. The molecule has 3 nitrogen and oxygen atoms in total. The summed E-state index contributed by atoms with van der Waals surface area (Å²) in [5, 5.41) is 4.98. The van der Waals surface area contributed by atoms with Gasteiger partial charge in [0.05, 0.1) is 0 Å². The van der Waals surface area contributed by atoms with Crippen molar-refractivity contribution in [2.45, 2.75) is 6.92 Å². The topological polar surface area (TPSA) is 42.0 Å². The summed E-state index contributed by atoms with van der Waals surface area (Å²) in [6.07, 6.45) is 1.73. The van der Waals surface area contributed by atoms with Crippen molar-refractivity contribution >= 4 is 22.5 Å². The first-order valence-corrected chi connectivity index (χ1v) is 6.45. The highest BCUT2D eigenvalue weighted by molar-refractivity contribution is 6.06. The first-order chi connectivity index (χ1) is 9.72. The zero-order valence-corrected chi connectivity index (χ0v) is 11.1. The van der Waals surface area contributed by atoms with Crippen LogP contribution >= 0.6 is 0 Å². The van der Waals surface area contributed by atoms with Crippen molar-refractivity contribution in [3.05, 3.63) is 71.9 Å². The van der Waals surface area contributed by atoms with E-state index in [2.05, 4.69) is 10.3 Å². The summed E-state index contributed by atoms with van der Waals surface area (Å²) in [6, 6.07) is 17.4. The van der Waals surface area contributed by atoms with E-state index in [1.807, 2.05) is 55.5 Å². The lowest BCUT2D eigenvalue weighted by Gasteiger charge is -2.06. The number of nitrogens with zero attached hydrogens (tertiary/aromatic N) is 1. The normalized spacial score (nSPS) is 10.4. The Morgan fingerprint density at radius 2 is 1.80 bits per heavy atom. The van der Waals surface area contributed by atoms with Gasteiger partial charge in [-0.1, -0.05) is 36.4 Å². The van der Waals surface area contributed by atoms with Gasteiger partial charge < -0.3 is 5.32 Å². The molecule has 0 spiro atoms. The lowest BCUT2D eigenvalue weighted by molar-refractivity contribution is 0.102.